The fraction of sp³-hybridized carbons (Fsp3) is 0.238. The highest BCUT2D eigenvalue weighted by Crippen LogP contribution is 2.27. The van der Waals surface area contributed by atoms with E-state index in [9.17, 15) is 9.59 Å². The second-order valence-corrected chi connectivity index (χ2v) is 8.02. The van der Waals surface area contributed by atoms with Gasteiger partial charge in [0.2, 0.25) is 5.91 Å². The van der Waals surface area contributed by atoms with Gasteiger partial charge in [-0.25, -0.2) is 9.67 Å². The fourth-order valence-corrected chi connectivity index (χ4v) is 4.20. The van der Waals surface area contributed by atoms with Crippen molar-refractivity contribution in [2.24, 2.45) is 0 Å². The molecular weight excluding hydrogens is 386 g/mol. The highest BCUT2D eigenvalue weighted by Gasteiger charge is 2.11. The van der Waals surface area contributed by atoms with Gasteiger partial charge in [0.1, 0.15) is 5.69 Å². The molecule has 0 radical (unpaired) electrons. The van der Waals surface area contributed by atoms with Gasteiger partial charge in [0, 0.05) is 29.7 Å². The third-order valence-electron chi connectivity index (χ3n) is 4.67. The quantitative estimate of drug-likeness (QED) is 0.514. The maximum absolute atomic E-state index is 12.3. The van der Waals surface area contributed by atoms with Crippen LogP contribution in [0.5, 0.6) is 0 Å². The number of hydrogen-bond donors (Lipinski definition) is 2. The molecule has 0 saturated heterocycles. The molecule has 0 atom stereocenters. The van der Waals surface area contributed by atoms with Crippen molar-refractivity contribution >= 4 is 28.1 Å². The Hall–Kier alpha value is -3.26. The zero-order chi connectivity index (χ0) is 20.4. The highest BCUT2D eigenvalue weighted by atomic mass is 32.1. The van der Waals surface area contributed by atoms with Crippen LogP contribution in [0.1, 0.15) is 16.3 Å². The molecule has 0 bridgehead atoms. The lowest BCUT2D eigenvalue weighted by Gasteiger charge is -2.08. The summed E-state index contributed by atoms with van der Waals surface area (Å²) in [5.74, 6) is -0.0899. The monoisotopic (exact) mass is 407 g/mol. The summed E-state index contributed by atoms with van der Waals surface area (Å²) in [7, 11) is 0. The second-order valence-electron chi connectivity index (χ2n) is 6.81. The first-order valence-corrected chi connectivity index (χ1v) is 10.2. The lowest BCUT2D eigenvalue weighted by atomic mass is 10.1. The molecule has 1 aromatic carbocycles. The molecule has 0 aliphatic heterocycles. The molecule has 0 fully saturated rings. The maximum atomic E-state index is 12.3. The molecule has 0 saturated carbocycles. The Labute approximate surface area is 171 Å². The molecule has 1 amide bonds. The minimum atomic E-state index is -0.196. The summed E-state index contributed by atoms with van der Waals surface area (Å²) in [6.45, 7) is 4.52. The molecule has 4 aromatic rings. The fourth-order valence-electron chi connectivity index (χ4n) is 3.31. The smallest absolute Gasteiger partial charge is 0.266 e. The van der Waals surface area contributed by atoms with Crippen molar-refractivity contribution in [1.29, 1.82) is 0 Å². The molecule has 0 aliphatic carbocycles. The molecule has 3 heterocycles. The van der Waals surface area contributed by atoms with Gasteiger partial charge in [-0.05, 0) is 31.5 Å². The number of amides is 1. The van der Waals surface area contributed by atoms with Crippen LogP contribution in [0.4, 0.5) is 0 Å². The van der Waals surface area contributed by atoms with Gasteiger partial charge < -0.3 is 10.3 Å². The van der Waals surface area contributed by atoms with E-state index >= 15 is 0 Å². The van der Waals surface area contributed by atoms with Crippen molar-refractivity contribution in [1.82, 2.24) is 25.1 Å². The predicted octanol–water partition coefficient (Wildman–Crippen LogP) is 2.82. The first-order chi connectivity index (χ1) is 14.0. The summed E-state index contributed by atoms with van der Waals surface area (Å²) in [5.41, 5.74) is 3.39. The Morgan fingerprint density at radius 3 is 2.83 bits per heavy atom. The van der Waals surface area contributed by atoms with Crippen molar-refractivity contribution in [3.8, 4) is 10.6 Å². The van der Waals surface area contributed by atoms with Crippen LogP contribution in [0.15, 0.2) is 47.4 Å². The van der Waals surface area contributed by atoms with Gasteiger partial charge in [-0.1, -0.05) is 18.2 Å². The van der Waals surface area contributed by atoms with Gasteiger partial charge in [-0.3, -0.25) is 9.59 Å². The van der Waals surface area contributed by atoms with Crippen molar-refractivity contribution < 1.29 is 4.79 Å². The van der Waals surface area contributed by atoms with Crippen molar-refractivity contribution in [3.63, 3.8) is 0 Å². The summed E-state index contributed by atoms with van der Waals surface area (Å²) in [6.07, 6.45) is 2.14. The van der Waals surface area contributed by atoms with Crippen molar-refractivity contribution in [3.05, 3.63) is 69.2 Å². The Kier molecular flexibility index (Phi) is 5.26. The Morgan fingerprint density at radius 2 is 2.03 bits per heavy atom. The zero-order valence-electron chi connectivity index (χ0n) is 16.2. The number of nitrogens with zero attached hydrogens (tertiary/aromatic N) is 3. The number of fused-ring (bicyclic) bond motifs is 1. The summed E-state index contributed by atoms with van der Waals surface area (Å²) in [5, 5.41) is 9.33. The van der Waals surface area contributed by atoms with Crippen molar-refractivity contribution in [2.75, 3.05) is 6.54 Å². The number of aryl methyl sites for hydroxylation is 2. The minimum absolute atomic E-state index is 0.0899. The Morgan fingerprint density at radius 1 is 1.21 bits per heavy atom. The first kappa shape index (κ1) is 19.1. The van der Waals surface area contributed by atoms with E-state index in [-0.39, 0.29) is 17.9 Å². The number of benzene rings is 1. The number of aromatic nitrogens is 4. The highest BCUT2D eigenvalue weighted by molar-refractivity contribution is 7.15. The van der Waals surface area contributed by atoms with Gasteiger partial charge >= 0.3 is 0 Å². The van der Waals surface area contributed by atoms with E-state index in [1.54, 1.807) is 17.4 Å². The van der Waals surface area contributed by atoms with E-state index in [0.717, 1.165) is 37.7 Å². The van der Waals surface area contributed by atoms with E-state index in [1.165, 1.54) is 10.7 Å². The SMILES string of the molecule is Cc1nc(C)c(-c2ccc(=O)n(CCNC(=O)Cc3c[nH]c4ccccc34)n2)s1. The van der Waals surface area contributed by atoms with Crippen molar-refractivity contribution in [2.45, 2.75) is 26.8 Å². The Balaban J connectivity index is 1.40. The van der Waals surface area contributed by atoms with Crippen LogP contribution in [-0.2, 0) is 17.8 Å². The normalized spacial score (nSPS) is 11.1. The third-order valence-corrected chi connectivity index (χ3v) is 5.77. The second kappa shape index (κ2) is 8.00. The molecule has 29 heavy (non-hydrogen) atoms. The van der Waals surface area contributed by atoms with Crippen LogP contribution in [0.25, 0.3) is 21.5 Å². The molecule has 0 aliphatic rings. The van der Waals surface area contributed by atoms with Crippen LogP contribution in [0, 0.1) is 13.8 Å². The van der Waals surface area contributed by atoms with Gasteiger partial charge in [-0.15, -0.1) is 11.3 Å². The number of hydrogen-bond acceptors (Lipinski definition) is 5. The molecule has 0 spiro atoms. The number of carbonyl (C=O) groups excluding carboxylic acids is 1. The van der Waals surface area contributed by atoms with Gasteiger partial charge in [0.05, 0.1) is 28.5 Å². The Bertz CT molecular complexity index is 1240. The average Bonchev–Trinajstić information content (AvgIpc) is 3.26. The summed E-state index contributed by atoms with van der Waals surface area (Å²) < 4.78 is 1.38. The van der Waals surface area contributed by atoms with Crippen LogP contribution < -0.4 is 10.9 Å². The number of aromatic amines is 1. The average molecular weight is 407 g/mol. The van der Waals surface area contributed by atoms with Crippen LogP contribution in [-0.4, -0.2) is 32.2 Å². The van der Waals surface area contributed by atoms with Gasteiger partial charge in [0.25, 0.3) is 5.56 Å². The third kappa shape index (κ3) is 4.12. The van der Waals surface area contributed by atoms with E-state index in [2.05, 4.69) is 20.4 Å². The topological polar surface area (TPSA) is 92.7 Å². The maximum Gasteiger partial charge on any atom is 0.266 e. The number of thiazole rings is 1. The molecule has 0 unspecified atom stereocenters. The van der Waals surface area contributed by atoms with E-state index in [4.69, 9.17) is 0 Å². The molecule has 2 N–H and O–H groups in total. The first-order valence-electron chi connectivity index (χ1n) is 9.35. The summed E-state index contributed by atoms with van der Waals surface area (Å²) in [6, 6.07) is 11.1. The van der Waals surface area contributed by atoms with Crippen LogP contribution >= 0.6 is 11.3 Å². The van der Waals surface area contributed by atoms with E-state index in [1.807, 2.05) is 44.3 Å². The number of nitrogens with one attached hydrogen (secondary N) is 2. The van der Waals surface area contributed by atoms with E-state index < -0.39 is 0 Å². The molecule has 148 valence electrons. The molecular formula is C21H21N5O2S. The number of H-pyrrole nitrogens is 1. The van der Waals surface area contributed by atoms with Gasteiger partial charge in [-0.2, -0.15) is 5.10 Å². The summed E-state index contributed by atoms with van der Waals surface area (Å²) in [4.78, 5) is 33.0. The summed E-state index contributed by atoms with van der Waals surface area (Å²) >= 11 is 1.55. The number of carbonyl (C=O) groups is 1. The lowest BCUT2D eigenvalue weighted by molar-refractivity contribution is -0.120. The van der Waals surface area contributed by atoms with Crippen LogP contribution in [0.2, 0.25) is 0 Å². The van der Waals surface area contributed by atoms with E-state index in [0.29, 0.717) is 13.1 Å². The molecule has 8 heteroatoms. The standard InChI is InChI=1S/C21H21N5O2S/c1-13-21(29-14(2)24-13)18-7-8-20(28)26(25-18)10-9-22-19(27)11-15-12-23-17-6-4-3-5-16(15)17/h3-8,12,23H,9-11H2,1-2H3,(H,22,27). The molecule has 7 nitrogen and oxygen atoms in total. The van der Waals surface area contributed by atoms with Crippen LogP contribution in [0.3, 0.4) is 0 Å². The number of rotatable bonds is 6. The predicted molar refractivity (Wildman–Crippen MR) is 114 cm³/mol. The largest absolute Gasteiger partial charge is 0.361 e. The zero-order valence-corrected chi connectivity index (χ0v) is 17.0. The lowest BCUT2D eigenvalue weighted by Crippen LogP contribution is -2.32. The van der Waals surface area contributed by atoms with Gasteiger partial charge in [0.15, 0.2) is 0 Å². The minimum Gasteiger partial charge on any atom is -0.361 e. The number of para-hydroxylation sites is 1. The molecule has 3 aromatic heterocycles. The molecule has 4 rings (SSSR count).